The number of nitrogens with zero attached hydrogens (tertiary/aromatic N) is 2. The first-order valence-electron chi connectivity index (χ1n) is 10.2. The average molecular weight is 446 g/mol. The van der Waals surface area contributed by atoms with Crippen molar-refractivity contribution < 1.29 is 28.7 Å². The second-order valence-electron chi connectivity index (χ2n) is 7.33. The number of benzene rings is 2. The SMILES string of the molecule is C=CCOc1ccc(C(O)=C2C(=O)C(=O)N(c3cc(C)on3)[C@@H]2c2ccccc2OC)cc1. The van der Waals surface area contributed by atoms with Crippen LogP contribution in [0.5, 0.6) is 11.5 Å². The summed E-state index contributed by atoms with van der Waals surface area (Å²) in [5, 5.41) is 15.1. The molecule has 1 saturated heterocycles. The van der Waals surface area contributed by atoms with Crippen LogP contribution in [-0.4, -0.2) is 35.7 Å². The van der Waals surface area contributed by atoms with Crippen molar-refractivity contribution in [1.29, 1.82) is 0 Å². The van der Waals surface area contributed by atoms with E-state index in [1.165, 1.54) is 12.0 Å². The standard InChI is InChI=1S/C25H22N2O6/c1-4-13-32-17-11-9-16(10-12-17)23(28)21-22(18-7-5-6-8-19(18)31-3)27(25(30)24(21)29)20-14-15(2)33-26-20/h4-12,14,22,28H,1,13H2,2-3H3/t22-/m1/s1. The van der Waals surface area contributed by atoms with Gasteiger partial charge in [-0.1, -0.05) is 36.0 Å². The van der Waals surface area contributed by atoms with Gasteiger partial charge in [-0.2, -0.15) is 0 Å². The number of para-hydroxylation sites is 1. The number of anilines is 1. The average Bonchev–Trinajstić information content (AvgIpc) is 3.37. The van der Waals surface area contributed by atoms with Crippen molar-refractivity contribution in [2.45, 2.75) is 13.0 Å². The number of ketones is 1. The van der Waals surface area contributed by atoms with Crippen molar-refractivity contribution in [3.05, 3.63) is 89.7 Å². The zero-order valence-electron chi connectivity index (χ0n) is 18.1. The van der Waals surface area contributed by atoms with Crippen LogP contribution in [-0.2, 0) is 9.59 Å². The van der Waals surface area contributed by atoms with Crippen molar-refractivity contribution >= 4 is 23.3 Å². The molecule has 1 aromatic heterocycles. The molecule has 4 rings (SSSR count). The van der Waals surface area contributed by atoms with Gasteiger partial charge in [-0.3, -0.25) is 14.5 Å². The Labute approximate surface area is 190 Å². The molecule has 0 bridgehead atoms. The monoisotopic (exact) mass is 446 g/mol. The molecule has 168 valence electrons. The van der Waals surface area contributed by atoms with Gasteiger partial charge >= 0.3 is 5.91 Å². The highest BCUT2D eigenvalue weighted by molar-refractivity contribution is 6.51. The van der Waals surface area contributed by atoms with Crippen LogP contribution in [0.3, 0.4) is 0 Å². The molecule has 33 heavy (non-hydrogen) atoms. The Kier molecular flexibility index (Phi) is 5.99. The van der Waals surface area contributed by atoms with Gasteiger partial charge in [-0.25, -0.2) is 0 Å². The number of Topliss-reactive ketones (excluding diaryl/α,β-unsaturated/α-hetero) is 1. The molecule has 1 aliphatic heterocycles. The van der Waals surface area contributed by atoms with Gasteiger partial charge in [0.15, 0.2) is 5.82 Å². The summed E-state index contributed by atoms with van der Waals surface area (Å²) < 4.78 is 16.1. The number of carbonyl (C=O) groups is 2. The highest BCUT2D eigenvalue weighted by Crippen LogP contribution is 2.44. The topological polar surface area (TPSA) is 102 Å². The Morgan fingerprint density at radius 1 is 1.21 bits per heavy atom. The van der Waals surface area contributed by atoms with Gasteiger partial charge in [-0.05, 0) is 37.3 Å². The molecule has 0 radical (unpaired) electrons. The lowest BCUT2D eigenvalue weighted by Crippen LogP contribution is -2.29. The van der Waals surface area contributed by atoms with Crippen LogP contribution in [0.2, 0.25) is 0 Å². The number of hydrogen-bond donors (Lipinski definition) is 1. The second kappa shape index (κ2) is 9.04. The first-order chi connectivity index (χ1) is 16.0. The number of rotatable bonds is 7. The Morgan fingerprint density at radius 3 is 2.58 bits per heavy atom. The second-order valence-corrected chi connectivity index (χ2v) is 7.33. The summed E-state index contributed by atoms with van der Waals surface area (Å²) in [7, 11) is 1.49. The molecular weight excluding hydrogens is 424 g/mol. The molecule has 2 aromatic carbocycles. The number of carbonyl (C=O) groups excluding carboxylic acids is 2. The van der Waals surface area contributed by atoms with Crippen LogP contribution >= 0.6 is 0 Å². The Bertz CT molecular complexity index is 1240. The summed E-state index contributed by atoms with van der Waals surface area (Å²) in [5.41, 5.74) is 0.799. The molecule has 0 saturated carbocycles. The molecule has 1 fully saturated rings. The maximum Gasteiger partial charge on any atom is 0.301 e. The summed E-state index contributed by atoms with van der Waals surface area (Å²) in [5.74, 6) is -0.316. The quantitative estimate of drug-likeness (QED) is 0.251. The van der Waals surface area contributed by atoms with Crippen LogP contribution in [0.15, 0.2) is 77.3 Å². The van der Waals surface area contributed by atoms with Crippen LogP contribution in [0.4, 0.5) is 5.82 Å². The minimum Gasteiger partial charge on any atom is -0.507 e. The molecule has 0 spiro atoms. The van der Waals surface area contributed by atoms with Gasteiger partial charge < -0.3 is 19.1 Å². The number of methoxy groups -OCH3 is 1. The fourth-order valence-electron chi connectivity index (χ4n) is 3.74. The van der Waals surface area contributed by atoms with Crippen molar-refractivity contribution in [3.8, 4) is 11.5 Å². The zero-order chi connectivity index (χ0) is 23.5. The molecule has 3 aromatic rings. The molecule has 1 N–H and O–H groups in total. The third kappa shape index (κ3) is 3.98. The molecule has 2 heterocycles. The summed E-state index contributed by atoms with van der Waals surface area (Å²) in [4.78, 5) is 27.5. The van der Waals surface area contributed by atoms with E-state index >= 15 is 0 Å². The van der Waals surface area contributed by atoms with Crippen molar-refractivity contribution in [2.75, 3.05) is 18.6 Å². The van der Waals surface area contributed by atoms with Gasteiger partial charge in [0.1, 0.15) is 35.7 Å². The van der Waals surface area contributed by atoms with Crippen LogP contribution < -0.4 is 14.4 Å². The number of amides is 1. The van der Waals surface area contributed by atoms with E-state index in [0.29, 0.717) is 35.0 Å². The summed E-state index contributed by atoms with van der Waals surface area (Å²) >= 11 is 0. The maximum absolute atomic E-state index is 13.2. The minimum atomic E-state index is -0.970. The molecule has 1 amide bonds. The first-order valence-corrected chi connectivity index (χ1v) is 10.2. The van der Waals surface area contributed by atoms with Gasteiger partial charge in [0.2, 0.25) is 0 Å². The van der Waals surface area contributed by atoms with E-state index in [9.17, 15) is 14.7 Å². The highest BCUT2D eigenvalue weighted by atomic mass is 16.5. The van der Waals surface area contributed by atoms with Crippen molar-refractivity contribution in [2.24, 2.45) is 0 Å². The summed E-state index contributed by atoms with van der Waals surface area (Å²) in [6, 6.07) is 14.1. The number of aliphatic hydroxyl groups excluding tert-OH is 1. The van der Waals surface area contributed by atoms with E-state index < -0.39 is 17.7 Å². The fourth-order valence-corrected chi connectivity index (χ4v) is 3.74. The number of aliphatic hydroxyl groups is 1. The number of ether oxygens (including phenoxy) is 2. The number of hydrogen-bond acceptors (Lipinski definition) is 7. The van der Waals surface area contributed by atoms with Crippen LogP contribution in [0.25, 0.3) is 5.76 Å². The predicted molar refractivity (Wildman–Crippen MR) is 121 cm³/mol. The maximum atomic E-state index is 13.2. The Hall–Kier alpha value is -4.33. The fraction of sp³-hybridized carbons (Fsp3) is 0.160. The minimum absolute atomic E-state index is 0.0788. The summed E-state index contributed by atoms with van der Waals surface area (Å²) in [6.07, 6.45) is 1.62. The zero-order valence-corrected chi connectivity index (χ0v) is 18.1. The van der Waals surface area contributed by atoms with Crippen molar-refractivity contribution in [1.82, 2.24) is 5.16 Å². The van der Waals surface area contributed by atoms with E-state index in [2.05, 4.69) is 11.7 Å². The van der Waals surface area contributed by atoms with E-state index in [0.717, 1.165) is 0 Å². The molecule has 0 unspecified atom stereocenters. The van der Waals surface area contributed by atoms with Crippen molar-refractivity contribution in [3.63, 3.8) is 0 Å². The molecule has 1 atom stereocenters. The highest BCUT2D eigenvalue weighted by Gasteiger charge is 2.49. The van der Waals surface area contributed by atoms with Gasteiger partial charge in [-0.15, -0.1) is 0 Å². The van der Waals surface area contributed by atoms with Crippen LogP contribution in [0, 0.1) is 6.92 Å². The Balaban J connectivity index is 1.88. The van der Waals surface area contributed by atoms with E-state index in [4.69, 9.17) is 14.0 Å². The first kappa shape index (κ1) is 21.9. The number of aromatic nitrogens is 1. The third-order valence-corrected chi connectivity index (χ3v) is 5.24. The van der Waals surface area contributed by atoms with Gasteiger partial charge in [0.25, 0.3) is 5.78 Å². The van der Waals surface area contributed by atoms with Gasteiger partial charge in [0.05, 0.1) is 12.7 Å². The summed E-state index contributed by atoms with van der Waals surface area (Å²) in [6.45, 7) is 5.62. The van der Waals surface area contributed by atoms with E-state index in [-0.39, 0.29) is 17.2 Å². The predicted octanol–water partition coefficient (Wildman–Crippen LogP) is 4.18. The molecule has 8 nitrogen and oxygen atoms in total. The molecular formula is C25H22N2O6. The van der Waals surface area contributed by atoms with Gasteiger partial charge in [0, 0.05) is 17.2 Å². The Morgan fingerprint density at radius 2 is 1.94 bits per heavy atom. The van der Waals surface area contributed by atoms with E-state index in [1.807, 2.05) is 0 Å². The molecule has 0 aliphatic carbocycles. The van der Waals surface area contributed by atoms with Crippen LogP contribution in [0.1, 0.15) is 22.9 Å². The molecule has 1 aliphatic rings. The lowest BCUT2D eigenvalue weighted by atomic mass is 9.94. The normalized spacial score (nSPS) is 17.3. The largest absolute Gasteiger partial charge is 0.507 e. The number of aryl methyl sites for hydroxylation is 1. The van der Waals surface area contributed by atoms with E-state index in [1.54, 1.807) is 67.6 Å². The lowest BCUT2D eigenvalue weighted by Gasteiger charge is -2.24. The smallest absolute Gasteiger partial charge is 0.301 e. The third-order valence-electron chi connectivity index (χ3n) is 5.24. The lowest BCUT2D eigenvalue weighted by molar-refractivity contribution is -0.132. The molecule has 8 heteroatoms.